The highest BCUT2D eigenvalue weighted by molar-refractivity contribution is 7.13. The van der Waals surface area contributed by atoms with Crippen LogP contribution in [0.15, 0.2) is 35.7 Å². The van der Waals surface area contributed by atoms with Crippen molar-refractivity contribution in [3.63, 3.8) is 0 Å². The van der Waals surface area contributed by atoms with Gasteiger partial charge in [-0.25, -0.2) is 4.98 Å². The van der Waals surface area contributed by atoms with Gasteiger partial charge in [0.2, 0.25) is 0 Å². The number of thiazole rings is 1. The smallest absolute Gasteiger partial charge is 0.180 e. The Balaban J connectivity index is 2.07. The van der Waals surface area contributed by atoms with Crippen LogP contribution in [0.1, 0.15) is 18.7 Å². The van der Waals surface area contributed by atoms with Gasteiger partial charge in [0.05, 0.1) is 5.69 Å². The Morgan fingerprint density at radius 1 is 1.33 bits per heavy atom. The summed E-state index contributed by atoms with van der Waals surface area (Å²) in [7, 11) is 0. The first-order chi connectivity index (χ1) is 7.25. The minimum atomic E-state index is -0.0686. The maximum absolute atomic E-state index is 5.70. The van der Waals surface area contributed by atoms with Gasteiger partial charge >= 0.3 is 0 Å². The number of hydrogen-bond donors (Lipinski definition) is 1. The quantitative estimate of drug-likeness (QED) is 0.865. The predicted molar refractivity (Wildman–Crippen MR) is 62.0 cm³/mol. The van der Waals surface area contributed by atoms with Crippen molar-refractivity contribution in [1.29, 1.82) is 0 Å². The molecule has 2 rings (SSSR count). The molecule has 2 aromatic rings. The number of hydrogen-bond acceptors (Lipinski definition) is 4. The highest BCUT2D eigenvalue weighted by Crippen LogP contribution is 2.23. The first-order valence-corrected chi connectivity index (χ1v) is 5.56. The van der Waals surface area contributed by atoms with E-state index in [1.807, 2.05) is 42.6 Å². The molecule has 0 aliphatic heterocycles. The summed E-state index contributed by atoms with van der Waals surface area (Å²) in [5.41, 5.74) is 6.44. The van der Waals surface area contributed by atoms with Crippen molar-refractivity contribution >= 4 is 16.5 Å². The number of nitrogens with two attached hydrogens (primary N) is 1. The molecular weight excluding hydrogens is 208 g/mol. The number of benzene rings is 1. The predicted octanol–water partition coefficient (Wildman–Crippen LogP) is 2.87. The Bertz CT molecular complexity index is 427. The number of nitrogen functional groups attached to an aromatic ring is 1. The lowest BCUT2D eigenvalue weighted by molar-refractivity contribution is 0.223. The standard InChI is InChI=1S/C11H12N2OS/c1-8(10-7-15-11(12)13-10)14-9-5-3-2-4-6-9/h2-8H,1H3,(H2,12,13)/t8-/m0/s1. The molecule has 0 unspecified atom stereocenters. The van der Waals surface area contributed by atoms with Crippen LogP contribution in [0.2, 0.25) is 0 Å². The van der Waals surface area contributed by atoms with Gasteiger partial charge in [-0.05, 0) is 19.1 Å². The number of nitrogens with zero attached hydrogens (tertiary/aromatic N) is 1. The molecule has 78 valence electrons. The van der Waals surface area contributed by atoms with Crippen LogP contribution in [0.5, 0.6) is 5.75 Å². The van der Waals surface area contributed by atoms with Crippen LogP contribution in [0, 0.1) is 0 Å². The van der Waals surface area contributed by atoms with Crippen LogP contribution in [-0.4, -0.2) is 4.98 Å². The molecule has 0 bridgehead atoms. The molecule has 0 radical (unpaired) electrons. The number of para-hydroxylation sites is 1. The highest BCUT2D eigenvalue weighted by Gasteiger charge is 2.10. The van der Waals surface area contributed by atoms with Crippen LogP contribution >= 0.6 is 11.3 Å². The topological polar surface area (TPSA) is 48.1 Å². The average molecular weight is 220 g/mol. The Kier molecular flexibility index (Phi) is 2.87. The SMILES string of the molecule is C[C@H](Oc1ccccc1)c1csc(N)n1. The third kappa shape index (κ3) is 2.47. The van der Waals surface area contributed by atoms with Crippen LogP contribution in [0.25, 0.3) is 0 Å². The summed E-state index contributed by atoms with van der Waals surface area (Å²) in [5, 5.41) is 2.50. The van der Waals surface area contributed by atoms with Gasteiger partial charge in [-0.15, -0.1) is 11.3 Å². The first-order valence-electron chi connectivity index (χ1n) is 4.68. The molecule has 2 N–H and O–H groups in total. The molecule has 1 aromatic carbocycles. The zero-order valence-corrected chi connectivity index (χ0v) is 9.20. The molecule has 15 heavy (non-hydrogen) atoms. The van der Waals surface area contributed by atoms with Crippen molar-refractivity contribution in [2.45, 2.75) is 13.0 Å². The molecule has 3 nitrogen and oxygen atoms in total. The lowest BCUT2D eigenvalue weighted by Gasteiger charge is -2.11. The second kappa shape index (κ2) is 4.31. The summed E-state index contributed by atoms with van der Waals surface area (Å²) >= 11 is 1.43. The molecule has 0 fully saturated rings. The maximum Gasteiger partial charge on any atom is 0.180 e. The van der Waals surface area contributed by atoms with Crippen molar-refractivity contribution < 1.29 is 4.74 Å². The summed E-state index contributed by atoms with van der Waals surface area (Å²) in [6.45, 7) is 1.96. The fraction of sp³-hybridized carbons (Fsp3) is 0.182. The summed E-state index contributed by atoms with van der Waals surface area (Å²) in [4.78, 5) is 4.18. The number of anilines is 1. The van der Waals surface area contributed by atoms with Crippen LogP contribution < -0.4 is 10.5 Å². The van der Waals surface area contributed by atoms with Crippen molar-refractivity contribution in [2.24, 2.45) is 0 Å². The van der Waals surface area contributed by atoms with E-state index >= 15 is 0 Å². The van der Waals surface area contributed by atoms with E-state index in [0.717, 1.165) is 11.4 Å². The minimum absolute atomic E-state index is 0.0686. The zero-order chi connectivity index (χ0) is 10.7. The van der Waals surface area contributed by atoms with Crippen molar-refractivity contribution in [3.8, 4) is 5.75 Å². The fourth-order valence-corrected chi connectivity index (χ4v) is 1.89. The lowest BCUT2D eigenvalue weighted by Crippen LogP contribution is -2.03. The molecular formula is C11H12N2OS. The van der Waals surface area contributed by atoms with Gasteiger partial charge in [0.1, 0.15) is 11.9 Å². The fourth-order valence-electron chi connectivity index (χ4n) is 1.25. The third-order valence-corrected chi connectivity index (χ3v) is 2.70. The second-order valence-corrected chi connectivity index (χ2v) is 4.07. The van der Waals surface area contributed by atoms with E-state index in [4.69, 9.17) is 10.5 Å². The molecule has 4 heteroatoms. The number of rotatable bonds is 3. The van der Waals surface area contributed by atoms with Gasteiger partial charge in [0.25, 0.3) is 0 Å². The van der Waals surface area contributed by atoms with Gasteiger partial charge in [-0.1, -0.05) is 18.2 Å². The molecule has 0 saturated carbocycles. The van der Waals surface area contributed by atoms with Gasteiger partial charge in [-0.3, -0.25) is 0 Å². The molecule has 1 atom stereocenters. The molecule has 0 aliphatic rings. The van der Waals surface area contributed by atoms with E-state index in [1.165, 1.54) is 11.3 Å². The first kappa shape index (κ1) is 9.98. The van der Waals surface area contributed by atoms with Gasteiger partial charge in [0, 0.05) is 5.38 Å². The molecule has 0 spiro atoms. The molecule has 0 saturated heterocycles. The zero-order valence-electron chi connectivity index (χ0n) is 8.38. The largest absolute Gasteiger partial charge is 0.484 e. The summed E-state index contributed by atoms with van der Waals surface area (Å²) in [5.74, 6) is 0.844. The number of ether oxygens (including phenoxy) is 1. The summed E-state index contributed by atoms with van der Waals surface area (Å²) in [6, 6.07) is 9.69. The van der Waals surface area contributed by atoms with Gasteiger partial charge in [-0.2, -0.15) is 0 Å². The third-order valence-electron chi connectivity index (χ3n) is 2.01. The van der Waals surface area contributed by atoms with Crippen LogP contribution in [0.3, 0.4) is 0 Å². The van der Waals surface area contributed by atoms with E-state index in [-0.39, 0.29) is 6.10 Å². The Hall–Kier alpha value is -1.55. The average Bonchev–Trinajstić information content (AvgIpc) is 2.66. The molecule has 1 aromatic heterocycles. The maximum atomic E-state index is 5.70. The minimum Gasteiger partial charge on any atom is -0.484 e. The highest BCUT2D eigenvalue weighted by atomic mass is 32.1. The number of aromatic nitrogens is 1. The van der Waals surface area contributed by atoms with Crippen molar-refractivity contribution in [2.75, 3.05) is 5.73 Å². The summed E-state index contributed by atoms with van der Waals surface area (Å²) < 4.78 is 5.70. The Morgan fingerprint density at radius 2 is 2.07 bits per heavy atom. The monoisotopic (exact) mass is 220 g/mol. The normalized spacial score (nSPS) is 12.3. The molecule has 0 amide bonds. The van der Waals surface area contributed by atoms with E-state index < -0.39 is 0 Å². The van der Waals surface area contributed by atoms with E-state index in [1.54, 1.807) is 0 Å². The van der Waals surface area contributed by atoms with Crippen molar-refractivity contribution in [3.05, 3.63) is 41.4 Å². The van der Waals surface area contributed by atoms with Crippen LogP contribution in [-0.2, 0) is 0 Å². The van der Waals surface area contributed by atoms with Gasteiger partial charge in [0.15, 0.2) is 5.13 Å². The van der Waals surface area contributed by atoms with E-state index in [0.29, 0.717) is 5.13 Å². The summed E-state index contributed by atoms with van der Waals surface area (Å²) in [6.07, 6.45) is -0.0686. The second-order valence-electron chi connectivity index (χ2n) is 3.18. The molecule has 1 heterocycles. The lowest BCUT2D eigenvalue weighted by atomic mass is 10.3. The van der Waals surface area contributed by atoms with E-state index in [9.17, 15) is 0 Å². The van der Waals surface area contributed by atoms with Gasteiger partial charge < -0.3 is 10.5 Å². The van der Waals surface area contributed by atoms with Crippen molar-refractivity contribution in [1.82, 2.24) is 4.98 Å². The Morgan fingerprint density at radius 3 is 2.67 bits per heavy atom. The molecule has 0 aliphatic carbocycles. The Labute approximate surface area is 92.5 Å². The van der Waals surface area contributed by atoms with Crippen LogP contribution in [0.4, 0.5) is 5.13 Å². The van der Waals surface area contributed by atoms with E-state index in [2.05, 4.69) is 4.98 Å².